The number of amides is 3. The van der Waals surface area contributed by atoms with Crippen LogP contribution in [0.5, 0.6) is 0 Å². The number of nitrogens with two attached hydrogens (primary N) is 1. The van der Waals surface area contributed by atoms with E-state index in [1.165, 1.54) is 13.8 Å². The van der Waals surface area contributed by atoms with E-state index in [9.17, 15) is 29.4 Å². The minimum atomic E-state index is -1.28. The number of aliphatic carboxylic acids is 1. The molecule has 5 atom stereocenters. The summed E-state index contributed by atoms with van der Waals surface area (Å²) >= 11 is 0. The van der Waals surface area contributed by atoms with Crippen LogP contribution in [0.1, 0.15) is 34.1 Å². The highest BCUT2D eigenvalue weighted by Gasteiger charge is 2.30. The first-order chi connectivity index (χ1) is 11.5. The predicted molar refractivity (Wildman–Crippen MR) is 89.3 cm³/mol. The van der Waals surface area contributed by atoms with Crippen molar-refractivity contribution in [3.63, 3.8) is 0 Å². The zero-order chi connectivity index (χ0) is 19.7. The van der Waals surface area contributed by atoms with Crippen molar-refractivity contribution in [2.24, 2.45) is 11.7 Å². The summed E-state index contributed by atoms with van der Waals surface area (Å²) in [6.45, 7) is 5.79. The lowest BCUT2D eigenvalue weighted by Gasteiger charge is -2.25. The lowest BCUT2D eigenvalue weighted by Crippen LogP contribution is -2.58. The van der Waals surface area contributed by atoms with Gasteiger partial charge in [-0.3, -0.25) is 14.4 Å². The molecule has 3 amide bonds. The fourth-order valence-electron chi connectivity index (χ4n) is 1.97. The Kier molecular flexibility index (Phi) is 9.69. The highest BCUT2D eigenvalue weighted by atomic mass is 16.4. The van der Waals surface area contributed by atoms with Gasteiger partial charge in [-0.05, 0) is 19.8 Å². The number of aliphatic hydroxyl groups excluding tert-OH is 1. The molecular weight excluding hydrogens is 332 g/mol. The number of hydrogen-bond acceptors (Lipinski definition) is 6. The van der Waals surface area contributed by atoms with Crippen molar-refractivity contribution >= 4 is 23.7 Å². The quantitative estimate of drug-likeness (QED) is 0.260. The number of hydrogen-bond donors (Lipinski definition) is 6. The molecule has 5 unspecified atom stereocenters. The Hall–Kier alpha value is -2.20. The molecule has 0 aliphatic heterocycles. The Labute approximate surface area is 146 Å². The molecule has 25 heavy (non-hydrogen) atoms. The van der Waals surface area contributed by atoms with Gasteiger partial charge in [0.25, 0.3) is 0 Å². The van der Waals surface area contributed by atoms with Crippen LogP contribution >= 0.6 is 0 Å². The molecule has 0 aliphatic carbocycles. The van der Waals surface area contributed by atoms with Crippen LogP contribution in [0.3, 0.4) is 0 Å². The molecule has 0 bridgehead atoms. The molecule has 0 saturated heterocycles. The number of carboxylic acids is 1. The highest BCUT2D eigenvalue weighted by molar-refractivity contribution is 5.93. The first kappa shape index (κ1) is 22.8. The van der Waals surface area contributed by atoms with Crippen LogP contribution in [0.4, 0.5) is 0 Å². The molecule has 0 fully saturated rings. The van der Waals surface area contributed by atoms with Crippen LogP contribution in [-0.4, -0.2) is 64.7 Å². The lowest BCUT2D eigenvalue weighted by atomic mass is 9.99. The Morgan fingerprint density at radius 2 is 1.52 bits per heavy atom. The van der Waals surface area contributed by atoms with E-state index in [2.05, 4.69) is 16.0 Å². The molecule has 0 radical (unpaired) electrons. The SMILES string of the molecule is CCC(C)C(NC(=O)C(C)NC(=O)C(NC(=O)CN)C(C)O)C(=O)O. The first-order valence-electron chi connectivity index (χ1n) is 8.06. The van der Waals surface area contributed by atoms with Crippen molar-refractivity contribution in [3.05, 3.63) is 0 Å². The third-order valence-corrected chi connectivity index (χ3v) is 3.80. The summed E-state index contributed by atoms with van der Waals surface area (Å²) in [4.78, 5) is 46.8. The zero-order valence-corrected chi connectivity index (χ0v) is 14.9. The van der Waals surface area contributed by atoms with Crippen molar-refractivity contribution in [2.45, 2.75) is 58.3 Å². The summed E-state index contributed by atoms with van der Waals surface area (Å²) in [5.41, 5.74) is 5.15. The summed E-state index contributed by atoms with van der Waals surface area (Å²) in [6, 6.07) is -3.42. The van der Waals surface area contributed by atoms with Crippen molar-refractivity contribution in [3.8, 4) is 0 Å². The van der Waals surface area contributed by atoms with E-state index in [0.29, 0.717) is 6.42 Å². The number of nitrogens with one attached hydrogen (secondary N) is 3. The largest absolute Gasteiger partial charge is 0.480 e. The van der Waals surface area contributed by atoms with Gasteiger partial charge in [-0.2, -0.15) is 0 Å². The molecule has 7 N–H and O–H groups in total. The maximum Gasteiger partial charge on any atom is 0.326 e. The Balaban J connectivity index is 4.90. The molecule has 10 heteroatoms. The smallest absolute Gasteiger partial charge is 0.326 e. The van der Waals surface area contributed by atoms with E-state index in [1.54, 1.807) is 13.8 Å². The van der Waals surface area contributed by atoms with Crippen LogP contribution in [0.15, 0.2) is 0 Å². The number of aliphatic hydroxyl groups is 1. The molecule has 0 aromatic rings. The molecule has 0 aromatic carbocycles. The third kappa shape index (κ3) is 7.48. The van der Waals surface area contributed by atoms with E-state index < -0.39 is 47.9 Å². The van der Waals surface area contributed by atoms with Crippen molar-refractivity contribution < 1.29 is 29.4 Å². The van der Waals surface area contributed by atoms with Crippen LogP contribution < -0.4 is 21.7 Å². The predicted octanol–water partition coefficient (Wildman–Crippen LogP) is -2.07. The number of carbonyl (C=O) groups is 4. The molecule has 0 saturated carbocycles. The van der Waals surface area contributed by atoms with Gasteiger partial charge < -0.3 is 31.9 Å². The van der Waals surface area contributed by atoms with Gasteiger partial charge in [0.15, 0.2) is 0 Å². The van der Waals surface area contributed by atoms with Crippen molar-refractivity contribution in [1.29, 1.82) is 0 Å². The Morgan fingerprint density at radius 3 is 1.92 bits per heavy atom. The summed E-state index contributed by atoms with van der Waals surface area (Å²) in [5.74, 6) is -3.57. The summed E-state index contributed by atoms with van der Waals surface area (Å²) < 4.78 is 0. The second-order valence-electron chi connectivity index (χ2n) is 5.93. The number of carbonyl (C=O) groups excluding carboxylic acids is 3. The monoisotopic (exact) mass is 360 g/mol. The van der Waals surface area contributed by atoms with Crippen molar-refractivity contribution in [2.75, 3.05) is 6.54 Å². The highest BCUT2D eigenvalue weighted by Crippen LogP contribution is 2.08. The average molecular weight is 360 g/mol. The van der Waals surface area contributed by atoms with E-state index in [-0.39, 0.29) is 12.5 Å². The summed E-state index contributed by atoms with van der Waals surface area (Å²) in [5, 5.41) is 25.7. The first-order valence-corrected chi connectivity index (χ1v) is 8.06. The molecule has 0 rings (SSSR count). The maximum absolute atomic E-state index is 12.1. The van der Waals surface area contributed by atoms with E-state index in [0.717, 1.165) is 0 Å². The lowest BCUT2D eigenvalue weighted by molar-refractivity contribution is -0.143. The Bertz CT molecular complexity index is 496. The van der Waals surface area contributed by atoms with Crippen LogP contribution in [0.2, 0.25) is 0 Å². The molecule has 144 valence electrons. The minimum Gasteiger partial charge on any atom is -0.480 e. The summed E-state index contributed by atoms with van der Waals surface area (Å²) in [6.07, 6.45) is -0.662. The summed E-state index contributed by atoms with van der Waals surface area (Å²) in [7, 11) is 0. The van der Waals surface area contributed by atoms with Gasteiger partial charge >= 0.3 is 5.97 Å². The van der Waals surface area contributed by atoms with Crippen LogP contribution in [-0.2, 0) is 19.2 Å². The number of rotatable bonds is 10. The van der Waals surface area contributed by atoms with Crippen LogP contribution in [0.25, 0.3) is 0 Å². The molecule has 0 aromatic heterocycles. The Morgan fingerprint density at radius 1 is 0.960 bits per heavy atom. The van der Waals surface area contributed by atoms with Gasteiger partial charge in [-0.15, -0.1) is 0 Å². The number of carboxylic acid groups (broad SMARTS) is 1. The molecule has 10 nitrogen and oxygen atoms in total. The molecule has 0 heterocycles. The molecule has 0 aliphatic rings. The molecule has 0 spiro atoms. The van der Waals surface area contributed by atoms with Crippen molar-refractivity contribution in [1.82, 2.24) is 16.0 Å². The second-order valence-corrected chi connectivity index (χ2v) is 5.93. The fraction of sp³-hybridized carbons (Fsp3) is 0.733. The molecular formula is C15H28N4O6. The van der Waals surface area contributed by atoms with Gasteiger partial charge in [0, 0.05) is 0 Å². The van der Waals surface area contributed by atoms with Crippen LogP contribution in [0, 0.1) is 5.92 Å². The van der Waals surface area contributed by atoms with Gasteiger partial charge in [0.2, 0.25) is 17.7 Å². The fourth-order valence-corrected chi connectivity index (χ4v) is 1.97. The standard InChI is InChI=1S/C15H28N4O6/c1-5-7(2)11(15(24)25)19-13(22)8(3)17-14(23)12(9(4)20)18-10(21)6-16/h7-9,11-12,20H,5-6,16H2,1-4H3,(H,17,23)(H,18,21)(H,19,22)(H,24,25). The topological polar surface area (TPSA) is 171 Å². The zero-order valence-electron chi connectivity index (χ0n) is 14.9. The third-order valence-electron chi connectivity index (χ3n) is 3.80. The van der Waals surface area contributed by atoms with E-state index in [4.69, 9.17) is 5.73 Å². The van der Waals surface area contributed by atoms with Gasteiger partial charge in [-0.25, -0.2) is 4.79 Å². The van der Waals surface area contributed by atoms with Gasteiger partial charge in [0.1, 0.15) is 18.1 Å². The normalized spacial score (nSPS) is 16.7. The second kappa shape index (κ2) is 10.6. The van der Waals surface area contributed by atoms with Gasteiger partial charge in [0.05, 0.1) is 12.6 Å². The van der Waals surface area contributed by atoms with Gasteiger partial charge in [-0.1, -0.05) is 20.3 Å². The maximum atomic E-state index is 12.1. The van der Waals surface area contributed by atoms with E-state index in [1.807, 2.05) is 0 Å². The minimum absolute atomic E-state index is 0.293. The average Bonchev–Trinajstić information content (AvgIpc) is 2.55. The van der Waals surface area contributed by atoms with E-state index >= 15 is 0 Å².